The van der Waals surface area contributed by atoms with Crippen LogP contribution in [0.5, 0.6) is 11.6 Å². The van der Waals surface area contributed by atoms with Crippen LogP contribution >= 0.6 is 0 Å². The van der Waals surface area contributed by atoms with Crippen LogP contribution < -0.4 is 15.4 Å². The zero-order chi connectivity index (χ0) is 24.9. The molecule has 12 heteroatoms. The Labute approximate surface area is 196 Å². The Kier molecular flexibility index (Phi) is 7.60. The first kappa shape index (κ1) is 25.2. The number of amides is 3. The minimum absolute atomic E-state index is 0.0917. The summed E-state index contributed by atoms with van der Waals surface area (Å²) < 4.78 is 49.3. The van der Waals surface area contributed by atoms with Crippen LogP contribution in [0.25, 0.3) is 0 Å². The summed E-state index contributed by atoms with van der Waals surface area (Å²) in [6, 6.07) is 7.06. The molecule has 1 aromatic carbocycles. The summed E-state index contributed by atoms with van der Waals surface area (Å²) in [5, 5.41) is 6.33. The average molecular weight is 494 g/mol. The summed E-state index contributed by atoms with van der Waals surface area (Å²) in [6.07, 6.45) is 5.48. The molecule has 1 heterocycles. The van der Waals surface area contributed by atoms with Crippen LogP contribution in [0.4, 0.5) is 13.6 Å². The molecule has 1 fully saturated rings. The SMILES string of the molecule is CNC(=O)N=S(C)(=O)/C=C/C(NC(=O)c1cnc(C(C)(F)F)nc1Oc1ccccc1)C1CC1. The number of alkyl halides is 2. The minimum Gasteiger partial charge on any atom is -0.438 e. The van der Waals surface area contributed by atoms with Crippen LogP contribution in [0.3, 0.4) is 0 Å². The number of rotatable bonds is 8. The maximum Gasteiger partial charge on any atom is 0.349 e. The molecule has 3 rings (SSSR count). The second kappa shape index (κ2) is 10.2. The molecule has 182 valence electrons. The first-order valence-electron chi connectivity index (χ1n) is 10.4. The van der Waals surface area contributed by atoms with Gasteiger partial charge in [0, 0.05) is 31.8 Å². The Morgan fingerprint density at radius 3 is 2.56 bits per heavy atom. The van der Waals surface area contributed by atoms with Gasteiger partial charge in [0.15, 0.2) is 0 Å². The predicted octanol–water partition coefficient (Wildman–Crippen LogP) is 3.84. The normalized spacial score (nSPS) is 16.4. The van der Waals surface area contributed by atoms with Crippen molar-refractivity contribution in [2.45, 2.75) is 31.7 Å². The van der Waals surface area contributed by atoms with Crippen LogP contribution in [0.2, 0.25) is 0 Å². The van der Waals surface area contributed by atoms with Crippen molar-refractivity contribution in [3.63, 3.8) is 0 Å². The molecule has 2 aromatic rings. The Bertz CT molecular complexity index is 1200. The van der Waals surface area contributed by atoms with Crippen LogP contribution in [-0.4, -0.2) is 45.5 Å². The van der Waals surface area contributed by atoms with Gasteiger partial charge >= 0.3 is 12.0 Å². The number of hydrogen-bond acceptors (Lipinski definition) is 6. The summed E-state index contributed by atoms with van der Waals surface area (Å²) in [5.41, 5.74) is -0.136. The maximum absolute atomic E-state index is 13.8. The van der Waals surface area contributed by atoms with Gasteiger partial charge in [-0.25, -0.2) is 14.0 Å². The van der Waals surface area contributed by atoms with Gasteiger partial charge in [0.2, 0.25) is 11.7 Å². The molecule has 0 radical (unpaired) electrons. The fourth-order valence-electron chi connectivity index (χ4n) is 2.89. The van der Waals surface area contributed by atoms with E-state index in [9.17, 15) is 22.6 Å². The summed E-state index contributed by atoms with van der Waals surface area (Å²) in [6.45, 7) is 0.647. The number of ether oxygens (including phenoxy) is 1. The fraction of sp³-hybridized carbons (Fsp3) is 0.364. The largest absolute Gasteiger partial charge is 0.438 e. The third-order valence-electron chi connectivity index (χ3n) is 4.79. The molecule has 0 saturated heterocycles. The van der Waals surface area contributed by atoms with Crippen molar-refractivity contribution in [3.8, 4) is 11.6 Å². The van der Waals surface area contributed by atoms with Gasteiger partial charge in [-0.2, -0.15) is 13.8 Å². The van der Waals surface area contributed by atoms with E-state index >= 15 is 0 Å². The van der Waals surface area contributed by atoms with Crippen LogP contribution in [-0.2, 0) is 15.7 Å². The van der Waals surface area contributed by atoms with E-state index in [1.54, 1.807) is 30.3 Å². The number of carbonyl (C=O) groups is 2. The van der Waals surface area contributed by atoms with Gasteiger partial charge in [-0.15, -0.1) is 4.36 Å². The Morgan fingerprint density at radius 2 is 1.97 bits per heavy atom. The lowest BCUT2D eigenvalue weighted by Gasteiger charge is -2.17. The van der Waals surface area contributed by atoms with Crippen molar-refractivity contribution < 1.29 is 27.3 Å². The zero-order valence-electron chi connectivity index (χ0n) is 18.8. The predicted molar refractivity (Wildman–Crippen MR) is 122 cm³/mol. The van der Waals surface area contributed by atoms with Crippen LogP contribution in [0.1, 0.15) is 35.9 Å². The Balaban J connectivity index is 1.88. The maximum atomic E-state index is 13.8. The van der Waals surface area contributed by atoms with Gasteiger partial charge in [-0.1, -0.05) is 24.3 Å². The van der Waals surface area contributed by atoms with Crippen molar-refractivity contribution >= 4 is 21.7 Å². The number of hydrogen-bond donors (Lipinski definition) is 2. The number of urea groups is 1. The number of nitrogens with one attached hydrogen (secondary N) is 2. The van der Waals surface area contributed by atoms with Gasteiger partial charge in [0.25, 0.3) is 5.91 Å². The molecule has 2 unspecified atom stereocenters. The molecule has 0 bridgehead atoms. The van der Waals surface area contributed by atoms with E-state index in [2.05, 4.69) is 25.0 Å². The third-order valence-corrected chi connectivity index (χ3v) is 5.98. The van der Waals surface area contributed by atoms with Crippen molar-refractivity contribution in [1.29, 1.82) is 0 Å². The second-order valence-electron chi connectivity index (χ2n) is 7.89. The van der Waals surface area contributed by atoms with E-state index in [1.165, 1.54) is 24.8 Å². The molecule has 2 atom stereocenters. The van der Waals surface area contributed by atoms with Gasteiger partial charge in [-0.3, -0.25) is 4.79 Å². The zero-order valence-corrected chi connectivity index (χ0v) is 19.6. The molecule has 1 aliphatic carbocycles. The summed E-state index contributed by atoms with van der Waals surface area (Å²) >= 11 is 0. The monoisotopic (exact) mass is 493 g/mol. The third kappa shape index (κ3) is 7.04. The van der Waals surface area contributed by atoms with E-state index in [0.29, 0.717) is 12.7 Å². The van der Waals surface area contributed by atoms with E-state index in [0.717, 1.165) is 19.0 Å². The molecule has 3 amide bonds. The standard InChI is InChI=1S/C22H25F2N5O4S/c1-22(23,24)20-26-13-16(19(28-20)33-15-7-5-4-6-8-15)18(30)27-17(14-9-10-14)11-12-34(3,32)29-21(31)25-2/h4-8,11-14,17H,9-10H2,1-3H3,(H,25,31)(H,27,30)/b12-11+. The highest BCUT2D eigenvalue weighted by molar-refractivity contribution is 7.96. The highest BCUT2D eigenvalue weighted by atomic mass is 32.2. The quantitative estimate of drug-likeness (QED) is 0.576. The lowest BCUT2D eigenvalue weighted by molar-refractivity contribution is 0.00707. The first-order valence-corrected chi connectivity index (χ1v) is 12.4. The molecule has 0 spiro atoms. The summed E-state index contributed by atoms with van der Waals surface area (Å²) in [7, 11) is -1.60. The van der Waals surface area contributed by atoms with Gasteiger partial charge in [0.05, 0.1) is 15.8 Å². The Morgan fingerprint density at radius 1 is 1.29 bits per heavy atom. The molecule has 1 aromatic heterocycles. The van der Waals surface area contributed by atoms with Crippen molar-refractivity contribution in [3.05, 3.63) is 59.4 Å². The molecule has 1 aliphatic rings. The summed E-state index contributed by atoms with van der Waals surface area (Å²) in [5.74, 6) is -4.68. The highest BCUT2D eigenvalue weighted by Gasteiger charge is 2.33. The van der Waals surface area contributed by atoms with Gasteiger partial charge in [-0.05, 0) is 30.9 Å². The minimum atomic E-state index is -3.33. The van der Waals surface area contributed by atoms with E-state index < -0.39 is 39.5 Å². The fourth-order valence-corrected chi connectivity index (χ4v) is 3.83. The number of para-hydroxylation sites is 1. The molecule has 1 saturated carbocycles. The van der Waals surface area contributed by atoms with Crippen LogP contribution in [0.15, 0.2) is 52.4 Å². The van der Waals surface area contributed by atoms with Crippen molar-refractivity contribution in [2.75, 3.05) is 13.3 Å². The molecule has 34 heavy (non-hydrogen) atoms. The molecule has 9 nitrogen and oxygen atoms in total. The number of carbonyl (C=O) groups excluding carboxylic acids is 2. The number of benzene rings is 1. The lowest BCUT2D eigenvalue weighted by atomic mass is 10.1. The molecular formula is C22H25F2N5O4S. The highest BCUT2D eigenvalue weighted by Crippen LogP contribution is 2.34. The van der Waals surface area contributed by atoms with Crippen molar-refractivity contribution in [2.24, 2.45) is 10.3 Å². The number of aromatic nitrogens is 2. The van der Waals surface area contributed by atoms with Crippen molar-refractivity contribution in [1.82, 2.24) is 20.6 Å². The van der Waals surface area contributed by atoms with E-state index in [1.807, 2.05) is 0 Å². The molecule has 0 aliphatic heterocycles. The molecule has 2 N–H and O–H groups in total. The Hall–Kier alpha value is -3.41. The van der Waals surface area contributed by atoms with Gasteiger partial charge < -0.3 is 15.4 Å². The smallest absolute Gasteiger partial charge is 0.349 e. The first-order chi connectivity index (χ1) is 16.0. The van der Waals surface area contributed by atoms with E-state index in [-0.39, 0.29) is 17.4 Å². The number of nitrogens with zero attached hydrogens (tertiary/aromatic N) is 3. The molecular weight excluding hydrogens is 468 g/mol. The van der Waals surface area contributed by atoms with Gasteiger partial charge in [0.1, 0.15) is 11.3 Å². The van der Waals surface area contributed by atoms with E-state index in [4.69, 9.17) is 4.74 Å². The average Bonchev–Trinajstić information content (AvgIpc) is 3.61. The summed E-state index contributed by atoms with van der Waals surface area (Å²) in [4.78, 5) is 31.9. The van der Waals surface area contributed by atoms with Crippen LogP contribution in [0, 0.1) is 5.92 Å². The number of halogens is 2. The topological polar surface area (TPSA) is 123 Å². The second-order valence-corrected chi connectivity index (χ2v) is 10.1. The lowest BCUT2D eigenvalue weighted by Crippen LogP contribution is -2.35.